The molecule has 2 saturated heterocycles. The number of aliphatic hydroxyl groups is 1. The number of amides is 1. The summed E-state index contributed by atoms with van der Waals surface area (Å²) < 4.78 is 0. The van der Waals surface area contributed by atoms with Crippen molar-refractivity contribution in [2.75, 3.05) is 52.9 Å². The van der Waals surface area contributed by atoms with Gasteiger partial charge in [0, 0.05) is 51.1 Å². The number of likely N-dealkylation sites (N-methyl/N-ethyl adjacent to an activating group) is 1. The van der Waals surface area contributed by atoms with Gasteiger partial charge in [-0.05, 0) is 56.6 Å². The molecule has 1 aromatic heterocycles. The van der Waals surface area contributed by atoms with E-state index in [0.717, 1.165) is 38.3 Å². The van der Waals surface area contributed by atoms with E-state index in [1.54, 1.807) is 12.4 Å². The van der Waals surface area contributed by atoms with Gasteiger partial charge in [-0.3, -0.25) is 14.7 Å². The van der Waals surface area contributed by atoms with Crippen LogP contribution in [0.4, 0.5) is 0 Å². The van der Waals surface area contributed by atoms with Crippen LogP contribution in [0.2, 0.25) is 0 Å². The number of aliphatic hydroxyl groups excluding tert-OH is 1. The average molecular weight is 375 g/mol. The zero-order valence-corrected chi connectivity index (χ0v) is 16.6. The molecule has 1 amide bonds. The molecule has 0 unspecified atom stereocenters. The van der Waals surface area contributed by atoms with Crippen LogP contribution in [0, 0.1) is 11.8 Å². The lowest BCUT2D eigenvalue weighted by Gasteiger charge is -2.26. The molecule has 2 fully saturated rings. The zero-order chi connectivity index (χ0) is 19.1. The minimum atomic E-state index is 0.170. The highest BCUT2D eigenvalue weighted by molar-refractivity contribution is 5.78. The molecule has 0 spiro atoms. The van der Waals surface area contributed by atoms with E-state index in [2.05, 4.69) is 9.88 Å². The molecule has 2 aliphatic heterocycles. The highest BCUT2D eigenvalue weighted by Crippen LogP contribution is 2.25. The normalized spacial score (nSPS) is 24.3. The number of hydrogen-bond acceptors (Lipinski definition) is 5. The van der Waals surface area contributed by atoms with Crippen LogP contribution >= 0.6 is 0 Å². The van der Waals surface area contributed by atoms with Gasteiger partial charge in [0.05, 0.1) is 6.54 Å². The van der Waals surface area contributed by atoms with E-state index in [4.69, 9.17) is 0 Å². The van der Waals surface area contributed by atoms with E-state index < -0.39 is 0 Å². The molecule has 0 aliphatic carbocycles. The van der Waals surface area contributed by atoms with Gasteiger partial charge in [0.15, 0.2) is 0 Å². The van der Waals surface area contributed by atoms with Crippen LogP contribution < -0.4 is 0 Å². The Balaban J connectivity index is 1.49. The summed E-state index contributed by atoms with van der Waals surface area (Å²) in [7, 11) is 1.98. The van der Waals surface area contributed by atoms with Crippen LogP contribution in [-0.4, -0.2) is 83.6 Å². The Labute approximate surface area is 163 Å². The predicted molar refractivity (Wildman–Crippen MR) is 106 cm³/mol. The van der Waals surface area contributed by atoms with Gasteiger partial charge >= 0.3 is 0 Å². The topological polar surface area (TPSA) is 59.9 Å². The van der Waals surface area contributed by atoms with Crippen molar-refractivity contribution in [3.63, 3.8) is 0 Å². The fourth-order valence-electron chi connectivity index (χ4n) is 4.39. The maximum Gasteiger partial charge on any atom is 0.236 e. The van der Waals surface area contributed by atoms with Gasteiger partial charge in [-0.15, -0.1) is 0 Å². The standard InChI is InChI=1S/C21H34N4O2/c1-23(12-18-6-8-22-9-7-18)16-21(27)25-14-19(20(15-25)17-26)13-24-10-4-2-3-5-11-24/h6-9,19-20,26H,2-5,10-17H2,1H3/t19-,20-/m1/s1. The van der Waals surface area contributed by atoms with Gasteiger partial charge in [0.25, 0.3) is 0 Å². The smallest absolute Gasteiger partial charge is 0.236 e. The van der Waals surface area contributed by atoms with Crippen molar-refractivity contribution < 1.29 is 9.90 Å². The highest BCUT2D eigenvalue weighted by Gasteiger charge is 2.35. The third kappa shape index (κ3) is 5.99. The summed E-state index contributed by atoms with van der Waals surface area (Å²) in [5.41, 5.74) is 1.16. The summed E-state index contributed by atoms with van der Waals surface area (Å²) in [5, 5.41) is 9.82. The molecule has 0 radical (unpaired) electrons. The first kappa shape index (κ1) is 20.2. The molecule has 0 aromatic carbocycles. The summed E-state index contributed by atoms with van der Waals surface area (Å²) in [4.78, 5) is 23.4. The third-order valence-corrected chi connectivity index (χ3v) is 5.96. The largest absolute Gasteiger partial charge is 0.396 e. The number of aromatic nitrogens is 1. The zero-order valence-electron chi connectivity index (χ0n) is 16.6. The van der Waals surface area contributed by atoms with E-state index in [1.807, 2.05) is 29.0 Å². The third-order valence-electron chi connectivity index (χ3n) is 5.96. The molecule has 0 saturated carbocycles. The van der Waals surface area contributed by atoms with Crippen molar-refractivity contribution >= 4 is 5.91 Å². The maximum absolute atomic E-state index is 12.8. The summed E-state index contributed by atoms with van der Waals surface area (Å²) in [6.45, 7) is 6.14. The summed E-state index contributed by atoms with van der Waals surface area (Å²) in [5.74, 6) is 0.772. The monoisotopic (exact) mass is 374 g/mol. The van der Waals surface area contributed by atoms with E-state index in [0.29, 0.717) is 19.0 Å². The SMILES string of the molecule is CN(CC(=O)N1C[C@@H](CN2CCCCCC2)[C@@H](CO)C1)Cc1ccncc1. The quantitative estimate of drug-likeness (QED) is 0.783. The van der Waals surface area contributed by atoms with Crippen molar-refractivity contribution in [2.24, 2.45) is 11.8 Å². The second-order valence-electron chi connectivity index (χ2n) is 8.24. The first-order chi connectivity index (χ1) is 13.2. The van der Waals surface area contributed by atoms with Gasteiger partial charge in [-0.2, -0.15) is 0 Å². The molecule has 1 aromatic rings. The summed E-state index contributed by atoms with van der Waals surface area (Å²) in [6, 6.07) is 3.96. The molecule has 150 valence electrons. The number of nitrogens with zero attached hydrogens (tertiary/aromatic N) is 4. The number of carbonyl (C=O) groups is 1. The molecule has 2 atom stereocenters. The molecule has 3 rings (SSSR count). The van der Waals surface area contributed by atoms with Crippen molar-refractivity contribution in [3.8, 4) is 0 Å². The fourth-order valence-corrected chi connectivity index (χ4v) is 4.39. The van der Waals surface area contributed by atoms with Gasteiger partial charge in [-0.25, -0.2) is 0 Å². The fraction of sp³-hybridized carbons (Fsp3) is 0.714. The van der Waals surface area contributed by atoms with Crippen molar-refractivity contribution in [3.05, 3.63) is 30.1 Å². The highest BCUT2D eigenvalue weighted by atomic mass is 16.3. The Kier molecular flexibility index (Phi) is 7.61. The van der Waals surface area contributed by atoms with E-state index in [9.17, 15) is 9.90 Å². The van der Waals surface area contributed by atoms with Crippen LogP contribution in [0.1, 0.15) is 31.2 Å². The molecular weight excluding hydrogens is 340 g/mol. The molecule has 6 heteroatoms. The molecule has 6 nitrogen and oxygen atoms in total. The minimum absolute atomic E-state index is 0.170. The van der Waals surface area contributed by atoms with Crippen molar-refractivity contribution in [2.45, 2.75) is 32.2 Å². The molecule has 0 bridgehead atoms. The minimum Gasteiger partial charge on any atom is -0.396 e. The van der Waals surface area contributed by atoms with Gasteiger partial charge in [-0.1, -0.05) is 12.8 Å². The van der Waals surface area contributed by atoms with Crippen LogP contribution in [0.3, 0.4) is 0 Å². The van der Waals surface area contributed by atoms with Crippen LogP contribution in [0.15, 0.2) is 24.5 Å². The Bertz CT molecular complexity index is 575. The van der Waals surface area contributed by atoms with Gasteiger partial charge in [0.2, 0.25) is 5.91 Å². The lowest BCUT2D eigenvalue weighted by atomic mass is 9.96. The Morgan fingerprint density at radius 2 is 1.81 bits per heavy atom. The molecule has 27 heavy (non-hydrogen) atoms. The summed E-state index contributed by atoms with van der Waals surface area (Å²) in [6.07, 6.45) is 8.78. The lowest BCUT2D eigenvalue weighted by molar-refractivity contribution is -0.131. The number of likely N-dealkylation sites (tertiary alicyclic amines) is 2. The second kappa shape index (κ2) is 10.2. The molecular formula is C21H34N4O2. The number of carbonyl (C=O) groups excluding carboxylic acids is 1. The number of hydrogen-bond donors (Lipinski definition) is 1. The van der Waals surface area contributed by atoms with Crippen LogP contribution in [-0.2, 0) is 11.3 Å². The number of pyridine rings is 1. The molecule has 3 heterocycles. The maximum atomic E-state index is 12.8. The van der Waals surface area contributed by atoms with E-state index in [1.165, 1.54) is 25.7 Å². The van der Waals surface area contributed by atoms with Crippen molar-refractivity contribution in [1.29, 1.82) is 0 Å². The predicted octanol–water partition coefficient (Wildman–Crippen LogP) is 1.46. The Hall–Kier alpha value is -1.50. The van der Waals surface area contributed by atoms with Gasteiger partial charge < -0.3 is 14.9 Å². The Morgan fingerprint density at radius 3 is 2.48 bits per heavy atom. The summed E-state index contributed by atoms with van der Waals surface area (Å²) >= 11 is 0. The van der Waals surface area contributed by atoms with Crippen LogP contribution in [0.25, 0.3) is 0 Å². The number of rotatable bonds is 7. The van der Waals surface area contributed by atoms with E-state index in [-0.39, 0.29) is 18.4 Å². The van der Waals surface area contributed by atoms with E-state index >= 15 is 0 Å². The van der Waals surface area contributed by atoms with Crippen molar-refractivity contribution in [1.82, 2.24) is 19.7 Å². The van der Waals surface area contributed by atoms with Gasteiger partial charge in [0.1, 0.15) is 0 Å². The Morgan fingerprint density at radius 1 is 1.15 bits per heavy atom. The molecule has 1 N–H and O–H groups in total. The first-order valence-electron chi connectivity index (χ1n) is 10.3. The second-order valence-corrected chi connectivity index (χ2v) is 8.24. The van der Waals surface area contributed by atoms with Crippen LogP contribution in [0.5, 0.6) is 0 Å². The first-order valence-corrected chi connectivity index (χ1v) is 10.3. The molecule has 2 aliphatic rings. The average Bonchev–Trinajstić information content (AvgIpc) is 2.89. The lowest BCUT2D eigenvalue weighted by Crippen LogP contribution is -2.38.